The molecule has 0 saturated carbocycles. The zero-order valence-corrected chi connectivity index (χ0v) is 11.2. The van der Waals surface area contributed by atoms with E-state index >= 15 is 0 Å². The molecule has 2 rings (SSSR count). The minimum atomic E-state index is -3.58. The van der Waals surface area contributed by atoms with E-state index in [0.29, 0.717) is 12.2 Å². The predicted molar refractivity (Wildman–Crippen MR) is 68.4 cm³/mol. The molecule has 6 nitrogen and oxygen atoms in total. The second kappa shape index (κ2) is 5.85. The molecule has 0 atom stereocenters. The van der Waals surface area contributed by atoms with Crippen LogP contribution in [-0.4, -0.2) is 27.2 Å². The van der Waals surface area contributed by atoms with E-state index in [1.807, 2.05) is 0 Å². The van der Waals surface area contributed by atoms with E-state index in [1.165, 1.54) is 19.4 Å². The molecule has 0 radical (unpaired) electrons. The highest BCUT2D eigenvalue weighted by Gasteiger charge is 2.18. The first-order chi connectivity index (χ1) is 9.13. The molecule has 19 heavy (non-hydrogen) atoms. The summed E-state index contributed by atoms with van der Waals surface area (Å²) >= 11 is 0. The molecule has 1 N–H and O–H groups in total. The molecule has 0 unspecified atom stereocenters. The number of hydrogen-bond donors (Lipinski definition) is 1. The van der Waals surface area contributed by atoms with E-state index in [2.05, 4.69) is 14.4 Å². The lowest BCUT2D eigenvalue weighted by Crippen LogP contribution is -2.26. The Kier molecular flexibility index (Phi) is 4.18. The molecule has 7 heteroatoms. The number of aromatic nitrogens is 1. The third-order valence-corrected chi connectivity index (χ3v) is 4.05. The van der Waals surface area contributed by atoms with Crippen LogP contribution in [0, 0.1) is 0 Å². The van der Waals surface area contributed by atoms with Crippen molar-refractivity contribution in [2.45, 2.75) is 11.3 Å². The van der Waals surface area contributed by atoms with Crippen LogP contribution in [0.25, 0.3) is 0 Å². The zero-order chi connectivity index (χ0) is 13.7. The normalized spacial score (nSPS) is 11.4. The van der Waals surface area contributed by atoms with Gasteiger partial charge >= 0.3 is 0 Å². The lowest BCUT2D eigenvalue weighted by atomic mass is 10.3. The maximum absolute atomic E-state index is 12.1. The first-order valence-electron chi connectivity index (χ1n) is 5.64. The van der Waals surface area contributed by atoms with Crippen LogP contribution in [0.15, 0.2) is 46.1 Å². The smallest absolute Gasteiger partial charge is 0.244 e. The molecule has 0 bridgehead atoms. The van der Waals surface area contributed by atoms with Gasteiger partial charge in [-0.15, -0.1) is 0 Å². The van der Waals surface area contributed by atoms with E-state index < -0.39 is 10.0 Å². The number of hydrogen-bond acceptors (Lipinski definition) is 5. The maximum Gasteiger partial charge on any atom is 0.244 e. The minimum Gasteiger partial charge on any atom is -0.495 e. The topological polar surface area (TPSA) is 81.4 Å². The van der Waals surface area contributed by atoms with E-state index in [4.69, 9.17) is 4.74 Å². The first kappa shape index (κ1) is 13.6. The van der Waals surface area contributed by atoms with Crippen molar-refractivity contribution in [1.29, 1.82) is 0 Å². The molecule has 0 fully saturated rings. The van der Waals surface area contributed by atoms with Crippen molar-refractivity contribution in [2.75, 3.05) is 13.7 Å². The highest BCUT2D eigenvalue weighted by molar-refractivity contribution is 7.89. The van der Waals surface area contributed by atoms with Crippen LogP contribution >= 0.6 is 0 Å². The van der Waals surface area contributed by atoms with E-state index in [1.54, 1.807) is 24.4 Å². The lowest BCUT2D eigenvalue weighted by Gasteiger charge is -2.09. The van der Waals surface area contributed by atoms with Crippen molar-refractivity contribution < 1.29 is 17.7 Å². The second-order valence-electron chi connectivity index (χ2n) is 3.83. The highest BCUT2D eigenvalue weighted by atomic mass is 32.2. The summed E-state index contributed by atoms with van der Waals surface area (Å²) in [6.07, 6.45) is 3.55. The Hall–Kier alpha value is -1.86. The van der Waals surface area contributed by atoms with Crippen molar-refractivity contribution in [3.05, 3.63) is 42.3 Å². The number of rotatable bonds is 6. The summed E-state index contributed by atoms with van der Waals surface area (Å²) in [5.41, 5.74) is 0.836. The van der Waals surface area contributed by atoms with Gasteiger partial charge in [-0.25, -0.2) is 13.1 Å². The predicted octanol–water partition coefficient (Wildman–Crippen LogP) is 1.20. The molecule has 1 aromatic heterocycles. The number of nitrogens with zero attached hydrogens (tertiary/aromatic N) is 1. The van der Waals surface area contributed by atoms with Gasteiger partial charge in [0.15, 0.2) is 0 Å². The van der Waals surface area contributed by atoms with Crippen LogP contribution in [-0.2, 0) is 16.4 Å². The van der Waals surface area contributed by atoms with Crippen molar-refractivity contribution in [3.8, 4) is 5.75 Å². The highest BCUT2D eigenvalue weighted by Crippen LogP contribution is 2.22. The molecule has 0 spiro atoms. The summed E-state index contributed by atoms with van der Waals surface area (Å²) < 4.78 is 36.4. The Morgan fingerprint density at radius 3 is 2.84 bits per heavy atom. The van der Waals surface area contributed by atoms with Crippen molar-refractivity contribution >= 4 is 10.0 Å². The average molecular weight is 282 g/mol. The Labute approximate surface area is 111 Å². The largest absolute Gasteiger partial charge is 0.495 e. The fourth-order valence-corrected chi connectivity index (χ4v) is 2.80. The molecule has 1 aromatic carbocycles. The first-order valence-corrected chi connectivity index (χ1v) is 7.13. The summed E-state index contributed by atoms with van der Waals surface area (Å²) in [5, 5.41) is 3.55. The summed E-state index contributed by atoms with van der Waals surface area (Å²) in [4.78, 5) is 0.128. The number of sulfonamides is 1. The zero-order valence-electron chi connectivity index (χ0n) is 10.4. The SMILES string of the molecule is COc1ccccc1S(=O)(=O)NCCc1cnoc1. The van der Waals surface area contributed by atoms with Gasteiger partial charge in [0.25, 0.3) is 0 Å². The van der Waals surface area contributed by atoms with Crippen LogP contribution in [0.2, 0.25) is 0 Å². The molecular formula is C12H14N2O4S. The summed E-state index contributed by atoms with van der Waals surface area (Å²) in [5.74, 6) is 0.319. The Morgan fingerprint density at radius 2 is 2.16 bits per heavy atom. The van der Waals surface area contributed by atoms with Gasteiger partial charge in [-0.05, 0) is 18.6 Å². The number of nitrogens with one attached hydrogen (secondary N) is 1. The molecule has 0 amide bonds. The number of benzene rings is 1. The van der Waals surface area contributed by atoms with Gasteiger partial charge in [0, 0.05) is 12.1 Å². The van der Waals surface area contributed by atoms with Crippen molar-refractivity contribution in [2.24, 2.45) is 0 Å². The fraction of sp³-hybridized carbons (Fsp3) is 0.250. The van der Waals surface area contributed by atoms with Gasteiger partial charge < -0.3 is 9.26 Å². The fourth-order valence-electron chi connectivity index (χ4n) is 1.60. The van der Waals surface area contributed by atoms with Gasteiger partial charge in [-0.2, -0.15) is 0 Å². The molecular weight excluding hydrogens is 268 g/mol. The van der Waals surface area contributed by atoms with E-state index in [-0.39, 0.29) is 11.4 Å². The molecule has 0 aliphatic heterocycles. The molecule has 0 saturated heterocycles. The number of para-hydroxylation sites is 1. The van der Waals surface area contributed by atoms with Crippen LogP contribution in [0.1, 0.15) is 5.56 Å². The Balaban J connectivity index is 2.05. The Bertz CT molecular complexity index is 623. The monoisotopic (exact) mass is 282 g/mol. The maximum atomic E-state index is 12.1. The van der Waals surface area contributed by atoms with Crippen molar-refractivity contribution in [3.63, 3.8) is 0 Å². The van der Waals surface area contributed by atoms with Crippen LogP contribution in [0.5, 0.6) is 5.75 Å². The quantitative estimate of drug-likeness (QED) is 0.861. The molecule has 2 aromatic rings. The summed E-state index contributed by atoms with van der Waals surface area (Å²) in [6, 6.07) is 6.47. The van der Waals surface area contributed by atoms with E-state index in [0.717, 1.165) is 5.56 Å². The van der Waals surface area contributed by atoms with Crippen LogP contribution in [0.4, 0.5) is 0 Å². The van der Waals surface area contributed by atoms with Gasteiger partial charge in [0.2, 0.25) is 10.0 Å². The minimum absolute atomic E-state index is 0.128. The van der Waals surface area contributed by atoms with Gasteiger partial charge in [-0.1, -0.05) is 17.3 Å². The standard InChI is InChI=1S/C12H14N2O4S/c1-17-11-4-2-3-5-12(11)19(15,16)14-7-6-10-8-13-18-9-10/h2-5,8-9,14H,6-7H2,1H3. The molecule has 102 valence electrons. The van der Waals surface area contributed by atoms with Crippen LogP contribution < -0.4 is 9.46 Å². The van der Waals surface area contributed by atoms with Crippen molar-refractivity contribution in [1.82, 2.24) is 9.88 Å². The summed E-state index contributed by atoms with van der Waals surface area (Å²) in [6.45, 7) is 0.265. The molecule has 0 aliphatic carbocycles. The second-order valence-corrected chi connectivity index (χ2v) is 5.57. The van der Waals surface area contributed by atoms with E-state index in [9.17, 15) is 8.42 Å². The third-order valence-electron chi connectivity index (χ3n) is 2.55. The molecule has 1 heterocycles. The third kappa shape index (κ3) is 3.33. The number of ether oxygens (including phenoxy) is 1. The van der Waals surface area contributed by atoms with Gasteiger partial charge in [0.1, 0.15) is 16.9 Å². The average Bonchev–Trinajstić information content (AvgIpc) is 2.91. The van der Waals surface area contributed by atoms with Crippen LogP contribution in [0.3, 0.4) is 0 Å². The van der Waals surface area contributed by atoms with Gasteiger partial charge in [-0.3, -0.25) is 0 Å². The Morgan fingerprint density at radius 1 is 1.37 bits per heavy atom. The molecule has 0 aliphatic rings. The summed E-state index contributed by atoms with van der Waals surface area (Å²) in [7, 11) is -2.15. The lowest BCUT2D eigenvalue weighted by molar-refractivity contribution is 0.402. The number of methoxy groups -OCH3 is 1. The van der Waals surface area contributed by atoms with Gasteiger partial charge in [0.05, 0.1) is 13.3 Å².